The predicted molar refractivity (Wildman–Crippen MR) is 93.5 cm³/mol. The number of carbonyl (C=O) groups excluding carboxylic acids is 1. The molecule has 0 saturated heterocycles. The molecule has 2 heterocycles. The quantitative estimate of drug-likeness (QED) is 0.697. The first kappa shape index (κ1) is 17.5. The Balaban J connectivity index is 1.72. The van der Waals surface area contributed by atoms with E-state index in [4.69, 9.17) is 0 Å². The van der Waals surface area contributed by atoms with E-state index in [0.717, 1.165) is 17.0 Å². The van der Waals surface area contributed by atoms with Crippen molar-refractivity contribution in [2.24, 2.45) is 0 Å². The molecule has 8 heteroatoms. The summed E-state index contributed by atoms with van der Waals surface area (Å²) in [5.74, 6) is -0.912. The molecule has 0 saturated carbocycles. The lowest BCUT2D eigenvalue weighted by Crippen LogP contribution is -2.33. The minimum Gasteiger partial charge on any atom is -0.479 e. The Labute approximate surface area is 149 Å². The predicted octanol–water partition coefficient (Wildman–Crippen LogP) is 1.62. The van der Waals surface area contributed by atoms with Gasteiger partial charge >= 0.3 is 5.97 Å². The van der Waals surface area contributed by atoms with Crippen LogP contribution in [-0.4, -0.2) is 36.6 Å². The van der Waals surface area contributed by atoms with Gasteiger partial charge in [-0.05, 0) is 31.4 Å². The van der Waals surface area contributed by atoms with Gasteiger partial charge in [-0.25, -0.2) is 14.3 Å². The van der Waals surface area contributed by atoms with E-state index in [0.29, 0.717) is 17.8 Å². The number of hydrogen-bond acceptors (Lipinski definition) is 5. The molecule has 134 valence electrons. The van der Waals surface area contributed by atoms with Gasteiger partial charge in [0.25, 0.3) is 5.78 Å². The summed E-state index contributed by atoms with van der Waals surface area (Å²) in [5, 5.41) is 16.1. The highest BCUT2D eigenvalue weighted by molar-refractivity contribution is 5.84. The molecule has 0 fully saturated rings. The molecule has 26 heavy (non-hydrogen) atoms. The van der Waals surface area contributed by atoms with Gasteiger partial charge in [0.05, 0.1) is 0 Å². The number of carboxylic acids is 1. The summed E-state index contributed by atoms with van der Waals surface area (Å²) in [6, 6.07) is 7.56. The summed E-state index contributed by atoms with van der Waals surface area (Å²) in [6.45, 7) is 3.76. The molecule has 0 bridgehead atoms. The maximum Gasteiger partial charge on any atom is 0.330 e. The summed E-state index contributed by atoms with van der Waals surface area (Å²) in [6.07, 6.45) is 2.02. The highest BCUT2D eigenvalue weighted by Crippen LogP contribution is 2.16. The number of nitrogens with zero attached hydrogens (tertiary/aromatic N) is 4. The summed E-state index contributed by atoms with van der Waals surface area (Å²) >= 11 is 0. The molecule has 2 aromatic heterocycles. The Morgan fingerprint density at radius 3 is 2.65 bits per heavy atom. The maximum absolute atomic E-state index is 12.3. The molecule has 1 atom stereocenters. The zero-order valence-electron chi connectivity index (χ0n) is 14.5. The van der Waals surface area contributed by atoms with Crippen LogP contribution in [0.4, 0.5) is 0 Å². The van der Waals surface area contributed by atoms with Crippen molar-refractivity contribution in [3.8, 4) is 0 Å². The van der Waals surface area contributed by atoms with Gasteiger partial charge in [0.15, 0.2) is 6.04 Å². The van der Waals surface area contributed by atoms with E-state index in [1.807, 2.05) is 13.8 Å². The van der Waals surface area contributed by atoms with Crippen molar-refractivity contribution >= 4 is 17.7 Å². The second kappa shape index (κ2) is 7.30. The van der Waals surface area contributed by atoms with Crippen LogP contribution >= 0.6 is 0 Å². The number of aryl methyl sites for hydroxylation is 2. The van der Waals surface area contributed by atoms with Crippen LogP contribution in [0.3, 0.4) is 0 Å². The molecule has 0 spiro atoms. The van der Waals surface area contributed by atoms with Gasteiger partial charge in [-0.2, -0.15) is 10.1 Å². The fourth-order valence-electron chi connectivity index (χ4n) is 2.92. The van der Waals surface area contributed by atoms with Crippen LogP contribution in [0.5, 0.6) is 0 Å². The third kappa shape index (κ3) is 3.53. The van der Waals surface area contributed by atoms with E-state index in [1.165, 1.54) is 6.33 Å². The lowest BCUT2D eigenvalue weighted by Gasteiger charge is -2.15. The van der Waals surface area contributed by atoms with E-state index < -0.39 is 12.0 Å². The number of aromatic nitrogens is 4. The van der Waals surface area contributed by atoms with Crippen molar-refractivity contribution in [2.75, 3.05) is 0 Å². The van der Waals surface area contributed by atoms with Crippen LogP contribution in [0.2, 0.25) is 0 Å². The van der Waals surface area contributed by atoms with E-state index in [1.54, 1.807) is 34.8 Å². The number of benzene rings is 1. The summed E-state index contributed by atoms with van der Waals surface area (Å²) in [5.41, 5.74) is 3.10. The number of carboxylic acid groups (broad SMARTS) is 1. The largest absolute Gasteiger partial charge is 0.479 e. The first-order chi connectivity index (χ1) is 12.5. The molecule has 2 N–H and O–H groups in total. The van der Waals surface area contributed by atoms with Crippen LogP contribution in [-0.2, 0) is 16.0 Å². The fourth-order valence-corrected chi connectivity index (χ4v) is 2.92. The molecule has 3 rings (SSSR count). The molecule has 3 aromatic rings. The first-order valence-electron chi connectivity index (χ1n) is 8.20. The number of nitrogens with one attached hydrogen (secondary N) is 1. The van der Waals surface area contributed by atoms with E-state index in [9.17, 15) is 14.7 Å². The lowest BCUT2D eigenvalue weighted by atomic mass is 10.0. The zero-order valence-corrected chi connectivity index (χ0v) is 14.5. The Hall–Kier alpha value is -3.29. The third-order valence-electron chi connectivity index (χ3n) is 4.28. The average molecular weight is 353 g/mol. The molecule has 1 amide bonds. The molecule has 0 radical (unpaired) electrons. The molecular formula is C18H19N5O3. The van der Waals surface area contributed by atoms with Crippen LogP contribution in [0.1, 0.15) is 35.0 Å². The molecule has 0 aliphatic rings. The van der Waals surface area contributed by atoms with Gasteiger partial charge in [-0.15, -0.1) is 0 Å². The van der Waals surface area contributed by atoms with Gasteiger partial charge in [0, 0.05) is 17.8 Å². The smallest absolute Gasteiger partial charge is 0.330 e. The third-order valence-corrected chi connectivity index (χ3v) is 4.28. The molecule has 0 aliphatic carbocycles. The number of rotatable bonds is 6. The molecule has 1 unspecified atom stereocenters. The van der Waals surface area contributed by atoms with Crippen molar-refractivity contribution < 1.29 is 14.7 Å². The monoisotopic (exact) mass is 353 g/mol. The molecule has 1 aromatic carbocycles. The van der Waals surface area contributed by atoms with Crippen LogP contribution in [0.25, 0.3) is 5.78 Å². The highest BCUT2D eigenvalue weighted by Gasteiger charge is 2.22. The Morgan fingerprint density at radius 2 is 1.96 bits per heavy atom. The molecule has 8 nitrogen and oxygen atoms in total. The summed E-state index contributed by atoms with van der Waals surface area (Å²) in [7, 11) is 0. The number of fused-ring (bicyclic) bond motifs is 1. The van der Waals surface area contributed by atoms with Crippen molar-refractivity contribution in [1.29, 1.82) is 0 Å². The van der Waals surface area contributed by atoms with Gasteiger partial charge in [-0.3, -0.25) is 4.79 Å². The lowest BCUT2D eigenvalue weighted by molar-refractivity contribution is -0.142. The standard InChI is InChI=1S/C18H19N5O3/c1-11-14(12(2)23-18(21-11)19-10-20-23)8-9-15(24)22-16(17(25)26)13-6-4-3-5-7-13/h3-7,10,16H,8-9H2,1-2H3,(H,22,24)(H,25,26). The van der Waals surface area contributed by atoms with E-state index >= 15 is 0 Å². The van der Waals surface area contributed by atoms with Crippen molar-refractivity contribution in [2.45, 2.75) is 32.7 Å². The van der Waals surface area contributed by atoms with Crippen LogP contribution < -0.4 is 5.32 Å². The SMILES string of the molecule is Cc1nc2ncnn2c(C)c1CCC(=O)NC(C(=O)O)c1ccccc1. The molecule has 0 aliphatic heterocycles. The van der Waals surface area contributed by atoms with Crippen LogP contribution in [0, 0.1) is 13.8 Å². The second-order valence-electron chi connectivity index (χ2n) is 5.98. The number of aliphatic carboxylic acids is 1. The minimum absolute atomic E-state index is 0.153. The normalized spacial score (nSPS) is 12.1. The first-order valence-corrected chi connectivity index (χ1v) is 8.20. The van der Waals surface area contributed by atoms with Gasteiger partial charge in [0.2, 0.25) is 5.91 Å². The minimum atomic E-state index is -1.09. The van der Waals surface area contributed by atoms with Gasteiger partial charge in [0.1, 0.15) is 6.33 Å². The topological polar surface area (TPSA) is 109 Å². The summed E-state index contributed by atoms with van der Waals surface area (Å²) in [4.78, 5) is 32.2. The van der Waals surface area contributed by atoms with Gasteiger partial charge in [-0.1, -0.05) is 30.3 Å². The Bertz CT molecular complexity index is 952. The summed E-state index contributed by atoms with van der Waals surface area (Å²) < 4.78 is 1.63. The Kier molecular flexibility index (Phi) is 4.92. The van der Waals surface area contributed by atoms with Crippen LogP contribution in [0.15, 0.2) is 36.7 Å². The zero-order chi connectivity index (χ0) is 18.7. The fraction of sp³-hybridized carbons (Fsp3) is 0.278. The molecular weight excluding hydrogens is 334 g/mol. The van der Waals surface area contributed by atoms with Crippen molar-refractivity contribution in [3.63, 3.8) is 0 Å². The number of amides is 1. The number of hydrogen-bond donors (Lipinski definition) is 2. The van der Waals surface area contributed by atoms with E-state index in [2.05, 4.69) is 20.4 Å². The highest BCUT2D eigenvalue weighted by atomic mass is 16.4. The van der Waals surface area contributed by atoms with Gasteiger partial charge < -0.3 is 10.4 Å². The van der Waals surface area contributed by atoms with E-state index in [-0.39, 0.29) is 12.3 Å². The maximum atomic E-state index is 12.3. The Morgan fingerprint density at radius 1 is 1.23 bits per heavy atom. The average Bonchev–Trinajstić information content (AvgIpc) is 3.08. The van der Waals surface area contributed by atoms with Crippen molar-refractivity contribution in [1.82, 2.24) is 24.9 Å². The second-order valence-corrected chi connectivity index (χ2v) is 5.98. The number of carbonyl (C=O) groups is 2. The van der Waals surface area contributed by atoms with Crippen molar-refractivity contribution in [3.05, 3.63) is 59.2 Å².